The summed E-state index contributed by atoms with van der Waals surface area (Å²) in [7, 11) is 0. The highest BCUT2D eigenvalue weighted by atomic mass is 16.3. The van der Waals surface area contributed by atoms with Gasteiger partial charge in [-0.15, -0.1) is 0 Å². The molecule has 2 unspecified atom stereocenters. The topological polar surface area (TPSA) is 43.7 Å². The first kappa shape index (κ1) is 19.9. The maximum Gasteiger partial charge on any atom is 0.0639 e. The number of aliphatic hydroxyl groups is 2. The van der Waals surface area contributed by atoms with E-state index in [1.165, 1.54) is 57.8 Å². The predicted octanol–water partition coefficient (Wildman–Crippen LogP) is 3.58. The molecule has 0 bridgehead atoms. The first-order valence-corrected chi connectivity index (χ1v) is 8.64. The Labute approximate surface area is 126 Å². The smallest absolute Gasteiger partial charge is 0.0639 e. The molecule has 3 heteroatoms. The Kier molecular flexibility index (Phi) is 13.8. The van der Waals surface area contributed by atoms with Crippen molar-refractivity contribution in [3.05, 3.63) is 0 Å². The van der Waals surface area contributed by atoms with Crippen molar-refractivity contribution in [2.24, 2.45) is 0 Å². The molecule has 0 radical (unpaired) electrons. The minimum absolute atomic E-state index is 0.313. The summed E-state index contributed by atoms with van der Waals surface area (Å²) in [5.74, 6) is 0. The van der Waals surface area contributed by atoms with E-state index in [9.17, 15) is 10.2 Å². The lowest BCUT2D eigenvalue weighted by Crippen LogP contribution is -2.36. The molecule has 2 N–H and O–H groups in total. The second-order valence-electron chi connectivity index (χ2n) is 6.29. The summed E-state index contributed by atoms with van der Waals surface area (Å²) in [5, 5.41) is 18.9. The summed E-state index contributed by atoms with van der Waals surface area (Å²) >= 11 is 0. The molecule has 0 aliphatic heterocycles. The largest absolute Gasteiger partial charge is 0.392 e. The van der Waals surface area contributed by atoms with E-state index in [4.69, 9.17) is 0 Å². The Morgan fingerprint density at radius 3 is 1.50 bits per heavy atom. The molecular formula is C17H37NO2. The Balaban J connectivity index is 3.48. The fraction of sp³-hybridized carbons (Fsp3) is 1.00. The molecule has 0 rings (SSSR count). The van der Waals surface area contributed by atoms with Crippen molar-refractivity contribution in [2.75, 3.05) is 19.6 Å². The molecule has 0 aromatic carbocycles. The molecule has 0 saturated heterocycles. The third kappa shape index (κ3) is 14.3. The van der Waals surface area contributed by atoms with Crippen molar-refractivity contribution in [2.45, 2.75) is 90.8 Å². The maximum absolute atomic E-state index is 9.46. The van der Waals surface area contributed by atoms with Crippen molar-refractivity contribution in [1.82, 2.24) is 4.90 Å². The third-order valence-electron chi connectivity index (χ3n) is 3.62. The Hall–Kier alpha value is -0.120. The molecule has 0 heterocycles. The van der Waals surface area contributed by atoms with E-state index < -0.39 is 0 Å². The zero-order valence-electron chi connectivity index (χ0n) is 14.0. The van der Waals surface area contributed by atoms with Gasteiger partial charge >= 0.3 is 0 Å². The van der Waals surface area contributed by atoms with Crippen LogP contribution in [0.15, 0.2) is 0 Å². The lowest BCUT2D eigenvalue weighted by atomic mass is 10.1. The van der Waals surface area contributed by atoms with E-state index in [1.807, 2.05) is 13.8 Å². The Morgan fingerprint density at radius 1 is 0.700 bits per heavy atom. The lowest BCUT2D eigenvalue weighted by Gasteiger charge is -2.24. The van der Waals surface area contributed by atoms with Crippen LogP contribution in [0, 0.1) is 0 Å². The molecule has 0 amide bonds. The van der Waals surface area contributed by atoms with E-state index in [-0.39, 0.29) is 12.2 Å². The van der Waals surface area contributed by atoms with Gasteiger partial charge in [-0.25, -0.2) is 0 Å². The Morgan fingerprint density at radius 2 is 1.10 bits per heavy atom. The monoisotopic (exact) mass is 287 g/mol. The van der Waals surface area contributed by atoms with Gasteiger partial charge in [-0.2, -0.15) is 0 Å². The summed E-state index contributed by atoms with van der Waals surface area (Å²) < 4.78 is 0. The van der Waals surface area contributed by atoms with E-state index in [1.54, 1.807) is 0 Å². The normalized spacial score (nSPS) is 14.7. The van der Waals surface area contributed by atoms with Crippen molar-refractivity contribution in [3.63, 3.8) is 0 Å². The van der Waals surface area contributed by atoms with E-state index in [0.29, 0.717) is 13.1 Å². The molecule has 3 nitrogen and oxygen atoms in total. The first-order chi connectivity index (χ1) is 9.56. The first-order valence-electron chi connectivity index (χ1n) is 8.64. The van der Waals surface area contributed by atoms with Crippen molar-refractivity contribution < 1.29 is 10.2 Å². The van der Waals surface area contributed by atoms with Crippen LogP contribution in [-0.4, -0.2) is 47.0 Å². The molecule has 20 heavy (non-hydrogen) atoms. The van der Waals surface area contributed by atoms with Crippen molar-refractivity contribution >= 4 is 0 Å². The number of unbranched alkanes of at least 4 members (excludes halogenated alkanes) is 8. The quantitative estimate of drug-likeness (QED) is 0.480. The van der Waals surface area contributed by atoms with Crippen LogP contribution in [0.25, 0.3) is 0 Å². The van der Waals surface area contributed by atoms with Crippen LogP contribution >= 0.6 is 0 Å². The number of hydrogen-bond donors (Lipinski definition) is 2. The van der Waals surface area contributed by atoms with Crippen LogP contribution < -0.4 is 0 Å². The summed E-state index contributed by atoms with van der Waals surface area (Å²) in [5.41, 5.74) is 0. The molecule has 0 aromatic heterocycles. The van der Waals surface area contributed by atoms with Crippen LogP contribution in [-0.2, 0) is 0 Å². The zero-order chi connectivity index (χ0) is 15.2. The van der Waals surface area contributed by atoms with Crippen LogP contribution in [0.3, 0.4) is 0 Å². The van der Waals surface area contributed by atoms with Gasteiger partial charge in [-0.1, -0.05) is 58.3 Å². The third-order valence-corrected chi connectivity index (χ3v) is 3.62. The fourth-order valence-electron chi connectivity index (χ4n) is 2.65. The fourth-order valence-corrected chi connectivity index (χ4v) is 2.65. The molecule has 0 spiro atoms. The van der Waals surface area contributed by atoms with Crippen LogP contribution in [0.5, 0.6) is 0 Å². The van der Waals surface area contributed by atoms with E-state index in [0.717, 1.165) is 6.54 Å². The number of rotatable bonds is 14. The minimum atomic E-state index is -0.313. The second-order valence-corrected chi connectivity index (χ2v) is 6.29. The highest BCUT2D eigenvalue weighted by Crippen LogP contribution is 2.10. The van der Waals surface area contributed by atoms with Gasteiger partial charge in [0.25, 0.3) is 0 Å². The molecule has 0 aliphatic rings. The maximum atomic E-state index is 9.46. The second kappa shape index (κ2) is 13.8. The molecule has 122 valence electrons. The van der Waals surface area contributed by atoms with Gasteiger partial charge in [0.15, 0.2) is 0 Å². The minimum Gasteiger partial charge on any atom is -0.392 e. The average molecular weight is 287 g/mol. The summed E-state index contributed by atoms with van der Waals surface area (Å²) in [6.07, 6.45) is 11.4. The Bertz CT molecular complexity index is 185. The van der Waals surface area contributed by atoms with Crippen LogP contribution in [0.4, 0.5) is 0 Å². The predicted molar refractivity (Wildman–Crippen MR) is 87.0 cm³/mol. The number of nitrogens with zero attached hydrogens (tertiary/aromatic N) is 1. The molecule has 2 atom stereocenters. The van der Waals surface area contributed by atoms with Gasteiger partial charge < -0.3 is 10.2 Å². The van der Waals surface area contributed by atoms with Gasteiger partial charge in [-0.05, 0) is 26.8 Å². The molecule has 0 aliphatic carbocycles. The highest BCUT2D eigenvalue weighted by molar-refractivity contribution is 4.64. The van der Waals surface area contributed by atoms with Gasteiger partial charge in [-0.3, -0.25) is 4.90 Å². The van der Waals surface area contributed by atoms with Crippen molar-refractivity contribution in [1.29, 1.82) is 0 Å². The van der Waals surface area contributed by atoms with Crippen LogP contribution in [0.1, 0.15) is 78.6 Å². The molecular weight excluding hydrogens is 250 g/mol. The van der Waals surface area contributed by atoms with E-state index >= 15 is 0 Å². The number of hydrogen-bond acceptors (Lipinski definition) is 3. The van der Waals surface area contributed by atoms with Gasteiger partial charge in [0.1, 0.15) is 0 Å². The van der Waals surface area contributed by atoms with Gasteiger partial charge in [0.2, 0.25) is 0 Å². The molecule has 0 fully saturated rings. The summed E-state index contributed by atoms with van der Waals surface area (Å²) in [4.78, 5) is 2.18. The molecule has 0 saturated carbocycles. The van der Waals surface area contributed by atoms with Crippen LogP contribution in [0.2, 0.25) is 0 Å². The van der Waals surface area contributed by atoms with E-state index in [2.05, 4.69) is 11.8 Å². The average Bonchev–Trinajstić information content (AvgIpc) is 2.35. The summed E-state index contributed by atoms with van der Waals surface area (Å²) in [6.45, 7) is 8.21. The van der Waals surface area contributed by atoms with Crippen molar-refractivity contribution in [3.8, 4) is 0 Å². The SMILES string of the molecule is CCCCCCCCCCCN(CC(C)O)CC(C)O. The standard InChI is InChI=1S/C17H37NO2/c1-4-5-6-7-8-9-10-11-12-13-18(14-16(2)19)15-17(3)20/h16-17,19-20H,4-15H2,1-3H3. The summed E-state index contributed by atoms with van der Waals surface area (Å²) in [6, 6.07) is 0. The van der Waals surface area contributed by atoms with Gasteiger partial charge in [0, 0.05) is 13.1 Å². The number of aliphatic hydroxyl groups excluding tert-OH is 2. The zero-order valence-corrected chi connectivity index (χ0v) is 14.0. The lowest BCUT2D eigenvalue weighted by molar-refractivity contribution is 0.0825. The molecule has 0 aromatic rings. The highest BCUT2D eigenvalue weighted by Gasteiger charge is 2.10. The van der Waals surface area contributed by atoms with Gasteiger partial charge in [0.05, 0.1) is 12.2 Å².